The van der Waals surface area contributed by atoms with Crippen molar-refractivity contribution in [3.8, 4) is 22.3 Å². The quantitative estimate of drug-likeness (QED) is 0.457. The second kappa shape index (κ2) is 7.56. The van der Waals surface area contributed by atoms with E-state index in [0.29, 0.717) is 0 Å². The number of anilines is 3. The molecule has 1 fully saturated rings. The van der Waals surface area contributed by atoms with Gasteiger partial charge in [0.2, 0.25) is 0 Å². The molecule has 0 saturated carbocycles. The Balaban J connectivity index is 1.76. The molecule has 2 amide bonds. The third kappa shape index (κ3) is 3.51. The number of rotatable bonds is 2. The molecule has 5 rings (SSSR count). The lowest BCUT2D eigenvalue weighted by Crippen LogP contribution is -2.29. The van der Waals surface area contributed by atoms with Crippen molar-refractivity contribution in [1.29, 1.82) is 0 Å². The first-order valence-corrected chi connectivity index (χ1v) is 10.8. The molecular formula is C24H22BrN3O. The molecule has 2 aliphatic rings. The van der Waals surface area contributed by atoms with Gasteiger partial charge in [0.1, 0.15) is 0 Å². The fourth-order valence-electron chi connectivity index (χ4n) is 4.29. The summed E-state index contributed by atoms with van der Waals surface area (Å²) in [6.07, 6.45) is 3.71. The number of urea groups is 1. The first-order valence-electron chi connectivity index (χ1n) is 10.1. The maximum atomic E-state index is 12.5. The second-order valence-electron chi connectivity index (χ2n) is 7.60. The highest BCUT2D eigenvalue weighted by Gasteiger charge is 2.24. The molecule has 0 unspecified atom stereocenters. The minimum atomic E-state index is -0.200. The summed E-state index contributed by atoms with van der Waals surface area (Å²) in [5.41, 5.74) is 7.20. The van der Waals surface area contributed by atoms with Gasteiger partial charge in [0.15, 0.2) is 0 Å². The fraction of sp³-hybridized carbons (Fsp3) is 0.208. The number of carbonyl (C=O) groups is 1. The van der Waals surface area contributed by atoms with Crippen LogP contribution in [0.15, 0.2) is 65.1 Å². The number of hydrogen-bond acceptors (Lipinski definition) is 2. The van der Waals surface area contributed by atoms with Crippen LogP contribution in [0.25, 0.3) is 22.3 Å². The molecule has 2 heterocycles. The molecule has 146 valence electrons. The minimum Gasteiger partial charge on any atom is -0.371 e. The molecule has 29 heavy (non-hydrogen) atoms. The zero-order valence-electron chi connectivity index (χ0n) is 16.0. The van der Waals surface area contributed by atoms with Crippen molar-refractivity contribution in [3.05, 3.63) is 65.1 Å². The molecule has 0 atom stereocenters. The van der Waals surface area contributed by atoms with E-state index < -0.39 is 0 Å². The van der Waals surface area contributed by atoms with Gasteiger partial charge >= 0.3 is 6.03 Å². The smallest absolute Gasteiger partial charge is 0.323 e. The van der Waals surface area contributed by atoms with Gasteiger partial charge in [0.25, 0.3) is 0 Å². The van der Waals surface area contributed by atoms with E-state index in [-0.39, 0.29) is 6.03 Å². The highest BCUT2D eigenvalue weighted by molar-refractivity contribution is 9.10. The summed E-state index contributed by atoms with van der Waals surface area (Å²) < 4.78 is 1.05. The molecule has 0 aliphatic carbocycles. The Kier molecular flexibility index (Phi) is 4.76. The number of piperidine rings is 1. The summed E-state index contributed by atoms with van der Waals surface area (Å²) in [5, 5.41) is 6.07. The Morgan fingerprint density at radius 2 is 1.52 bits per heavy atom. The van der Waals surface area contributed by atoms with Crippen molar-refractivity contribution in [1.82, 2.24) is 0 Å². The van der Waals surface area contributed by atoms with E-state index in [1.165, 1.54) is 24.9 Å². The van der Waals surface area contributed by atoms with Gasteiger partial charge < -0.3 is 15.5 Å². The van der Waals surface area contributed by atoms with Gasteiger partial charge in [0, 0.05) is 34.4 Å². The van der Waals surface area contributed by atoms with Gasteiger partial charge in [-0.25, -0.2) is 4.79 Å². The van der Waals surface area contributed by atoms with E-state index in [1.54, 1.807) is 0 Å². The molecule has 4 nitrogen and oxygen atoms in total. The van der Waals surface area contributed by atoms with Crippen LogP contribution in [-0.2, 0) is 0 Å². The molecule has 0 aromatic heterocycles. The number of amides is 2. The highest BCUT2D eigenvalue weighted by atomic mass is 79.9. The van der Waals surface area contributed by atoms with Gasteiger partial charge in [-0.15, -0.1) is 0 Å². The number of para-hydroxylation sites is 1. The number of nitrogens with one attached hydrogen (secondary N) is 2. The van der Waals surface area contributed by atoms with Crippen molar-refractivity contribution in [2.75, 3.05) is 28.6 Å². The second-order valence-corrected chi connectivity index (χ2v) is 8.51. The third-order valence-electron chi connectivity index (χ3n) is 5.69. The first kappa shape index (κ1) is 18.3. The van der Waals surface area contributed by atoms with Crippen LogP contribution in [-0.4, -0.2) is 19.1 Å². The maximum Gasteiger partial charge on any atom is 0.323 e. The first-order chi connectivity index (χ1) is 14.2. The van der Waals surface area contributed by atoms with E-state index >= 15 is 0 Å². The van der Waals surface area contributed by atoms with Crippen LogP contribution in [0.2, 0.25) is 0 Å². The number of nitrogens with zero attached hydrogens (tertiary/aromatic N) is 1. The van der Waals surface area contributed by atoms with E-state index in [1.807, 2.05) is 18.2 Å². The van der Waals surface area contributed by atoms with E-state index in [2.05, 4.69) is 73.9 Å². The zero-order valence-corrected chi connectivity index (χ0v) is 17.6. The summed E-state index contributed by atoms with van der Waals surface area (Å²) in [5.74, 6) is 0. The van der Waals surface area contributed by atoms with Crippen molar-refractivity contribution in [2.24, 2.45) is 0 Å². The highest BCUT2D eigenvalue weighted by Crippen LogP contribution is 2.45. The predicted octanol–water partition coefficient (Wildman–Crippen LogP) is 6.73. The Labute approximate surface area is 179 Å². The normalized spacial score (nSPS) is 15.6. The lowest BCUT2D eigenvalue weighted by molar-refractivity contribution is 0.262. The van der Waals surface area contributed by atoms with Gasteiger partial charge in [-0.05, 0) is 60.7 Å². The van der Waals surface area contributed by atoms with Crippen LogP contribution < -0.4 is 15.5 Å². The molecule has 2 aliphatic heterocycles. The molecule has 5 heteroatoms. The Bertz CT molecular complexity index is 1070. The topological polar surface area (TPSA) is 44.4 Å². The van der Waals surface area contributed by atoms with Crippen molar-refractivity contribution in [2.45, 2.75) is 19.3 Å². The summed E-state index contributed by atoms with van der Waals surface area (Å²) in [4.78, 5) is 15.0. The maximum absolute atomic E-state index is 12.5. The molecule has 0 bridgehead atoms. The van der Waals surface area contributed by atoms with Crippen molar-refractivity contribution in [3.63, 3.8) is 0 Å². The lowest BCUT2D eigenvalue weighted by atomic mass is 9.91. The van der Waals surface area contributed by atoms with Crippen LogP contribution in [0.3, 0.4) is 0 Å². The number of benzene rings is 3. The van der Waals surface area contributed by atoms with Crippen LogP contribution in [0.4, 0.5) is 21.9 Å². The van der Waals surface area contributed by atoms with Crippen LogP contribution in [0.5, 0.6) is 0 Å². The largest absolute Gasteiger partial charge is 0.371 e. The summed E-state index contributed by atoms with van der Waals surface area (Å²) >= 11 is 3.54. The van der Waals surface area contributed by atoms with Gasteiger partial charge in [-0.1, -0.05) is 46.3 Å². The molecule has 3 aromatic rings. The summed E-state index contributed by atoms with van der Waals surface area (Å²) in [7, 11) is 0. The fourth-order valence-corrected chi connectivity index (χ4v) is 4.56. The number of fused-ring (bicyclic) bond motifs is 3. The molecule has 2 N–H and O–H groups in total. The standard InChI is InChI=1S/C24H22BrN3O/c25-17-10-8-16(9-11-17)20-14-18(28-12-4-1-5-13-28)15-22-23(20)19-6-2-3-7-21(19)26-24(29)27-22/h2-3,6-11,14-15H,1,4-5,12-13H2,(H2,26,27,29). The average Bonchev–Trinajstić information content (AvgIpc) is 2.89. The summed E-state index contributed by atoms with van der Waals surface area (Å²) in [6.45, 7) is 2.11. The Morgan fingerprint density at radius 1 is 0.793 bits per heavy atom. The van der Waals surface area contributed by atoms with Crippen LogP contribution >= 0.6 is 15.9 Å². The Morgan fingerprint density at radius 3 is 2.31 bits per heavy atom. The van der Waals surface area contributed by atoms with Crippen molar-refractivity contribution >= 4 is 39.0 Å². The van der Waals surface area contributed by atoms with Crippen LogP contribution in [0.1, 0.15) is 19.3 Å². The molecule has 1 saturated heterocycles. The average molecular weight is 448 g/mol. The minimum absolute atomic E-state index is 0.200. The molecular weight excluding hydrogens is 426 g/mol. The van der Waals surface area contributed by atoms with Gasteiger partial charge in [-0.3, -0.25) is 0 Å². The predicted molar refractivity (Wildman–Crippen MR) is 124 cm³/mol. The molecule has 0 spiro atoms. The van der Waals surface area contributed by atoms with E-state index in [9.17, 15) is 4.79 Å². The lowest BCUT2D eigenvalue weighted by Gasteiger charge is -2.30. The van der Waals surface area contributed by atoms with Crippen LogP contribution in [0, 0.1) is 0 Å². The van der Waals surface area contributed by atoms with Crippen molar-refractivity contribution < 1.29 is 4.79 Å². The number of hydrogen-bond donors (Lipinski definition) is 2. The van der Waals surface area contributed by atoms with E-state index in [0.717, 1.165) is 51.2 Å². The number of halogens is 1. The SMILES string of the molecule is O=C1Nc2ccccc2-c2c(cc(N3CCCCC3)cc2-c2ccc(Br)cc2)N1. The molecule has 0 radical (unpaired) electrons. The summed E-state index contributed by atoms with van der Waals surface area (Å²) in [6, 6.07) is 20.6. The number of carbonyl (C=O) groups excluding carboxylic acids is 1. The monoisotopic (exact) mass is 447 g/mol. The molecule has 3 aromatic carbocycles. The third-order valence-corrected chi connectivity index (χ3v) is 6.22. The van der Waals surface area contributed by atoms with E-state index in [4.69, 9.17) is 0 Å². The van der Waals surface area contributed by atoms with Gasteiger partial charge in [-0.2, -0.15) is 0 Å². The zero-order chi connectivity index (χ0) is 19.8. The Hall–Kier alpha value is -2.79. The van der Waals surface area contributed by atoms with Gasteiger partial charge in [0.05, 0.1) is 11.4 Å².